The molecule has 0 saturated carbocycles. The fraction of sp³-hybridized carbons (Fsp3) is 0.462. The Morgan fingerprint density at radius 2 is 2.30 bits per heavy atom. The summed E-state index contributed by atoms with van der Waals surface area (Å²) in [6, 6.07) is -0.432. The minimum absolute atomic E-state index is 0.186. The van der Waals surface area contributed by atoms with Gasteiger partial charge in [0, 0.05) is 31.9 Å². The lowest BCUT2D eigenvalue weighted by atomic mass is 10.2. The van der Waals surface area contributed by atoms with E-state index in [1.807, 2.05) is 20.2 Å². The van der Waals surface area contributed by atoms with E-state index < -0.39 is 12.0 Å². The summed E-state index contributed by atoms with van der Waals surface area (Å²) in [5.41, 5.74) is 1.85. The summed E-state index contributed by atoms with van der Waals surface area (Å²) in [5, 5.41) is 15.7. The van der Waals surface area contributed by atoms with Crippen LogP contribution in [0.15, 0.2) is 18.9 Å². The molecule has 0 radical (unpaired) electrons. The number of hydrogen-bond acceptors (Lipinski definition) is 3. The number of aliphatic carboxylic acids is 1. The molecular formula is C13H20N4O3. The molecule has 7 heteroatoms. The maximum absolute atomic E-state index is 11.9. The van der Waals surface area contributed by atoms with E-state index in [1.165, 1.54) is 11.0 Å². The van der Waals surface area contributed by atoms with Crippen LogP contribution in [-0.4, -0.2) is 44.9 Å². The van der Waals surface area contributed by atoms with Gasteiger partial charge in [-0.15, -0.1) is 6.58 Å². The number of carbonyl (C=O) groups is 2. The minimum atomic E-state index is -1.06. The third-order valence-corrected chi connectivity index (χ3v) is 2.72. The summed E-state index contributed by atoms with van der Waals surface area (Å²) in [7, 11) is 1.82. The van der Waals surface area contributed by atoms with Gasteiger partial charge in [-0.2, -0.15) is 5.10 Å². The van der Waals surface area contributed by atoms with Crippen molar-refractivity contribution in [3.63, 3.8) is 0 Å². The van der Waals surface area contributed by atoms with Crippen molar-refractivity contribution in [2.75, 3.05) is 13.1 Å². The van der Waals surface area contributed by atoms with E-state index in [0.717, 1.165) is 17.7 Å². The van der Waals surface area contributed by atoms with Gasteiger partial charge in [-0.05, 0) is 6.42 Å². The largest absolute Gasteiger partial charge is 0.480 e. The van der Waals surface area contributed by atoms with Gasteiger partial charge in [-0.25, -0.2) is 4.79 Å². The van der Waals surface area contributed by atoms with E-state index in [0.29, 0.717) is 6.54 Å². The van der Waals surface area contributed by atoms with E-state index in [2.05, 4.69) is 17.0 Å². The lowest BCUT2D eigenvalue weighted by molar-refractivity contribution is -0.137. The maximum Gasteiger partial charge on any atom is 0.323 e. The first-order valence-corrected chi connectivity index (χ1v) is 6.34. The highest BCUT2D eigenvalue weighted by molar-refractivity contribution is 5.80. The molecule has 0 aliphatic rings. The molecule has 1 aromatic rings. The summed E-state index contributed by atoms with van der Waals surface area (Å²) in [6.07, 6.45) is 4.11. The number of aryl methyl sites for hydroxylation is 2. The van der Waals surface area contributed by atoms with Gasteiger partial charge in [0.05, 0.1) is 5.69 Å². The molecule has 1 aromatic heterocycles. The Morgan fingerprint density at radius 3 is 2.85 bits per heavy atom. The van der Waals surface area contributed by atoms with Crippen LogP contribution in [0, 0.1) is 0 Å². The number of nitrogens with one attached hydrogen (secondary N) is 1. The fourth-order valence-corrected chi connectivity index (χ4v) is 1.85. The average molecular weight is 280 g/mol. The summed E-state index contributed by atoms with van der Waals surface area (Å²) < 4.78 is 1.69. The number of carboxylic acid groups (broad SMARTS) is 1. The van der Waals surface area contributed by atoms with Crippen molar-refractivity contribution in [1.29, 1.82) is 0 Å². The number of amides is 2. The molecule has 7 nitrogen and oxygen atoms in total. The summed E-state index contributed by atoms with van der Waals surface area (Å²) in [6.45, 7) is 5.65. The number of nitrogens with zero attached hydrogens (tertiary/aromatic N) is 3. The van der Waals surface area contributed by atoms with Gasteiger partial charge in [-0.1, -0.05) is 13.0 Å². The van der Waals surface area contributed by atoms with Crippen molar-refractivity contribution in [1.82, 2.24) is 20.0 Å². The van der Waals surface area contributed by atoms with Crippen LogP contribution in [0.1, 0.15) is 18.2 Å². The molecule has 0 saturated heterocycles. The molecule has 2 N–H and O–H groups in total. The highest BCUT2D eigenvalue weighted by atomic mass is 16.4. The Bertz CT molecular complexity index is 496. The molecule has 0 aliphatic heterocycles. The van der Waals surface area contributed by atoms with Crippen LogP contribution in [0.25, 0.3) is 0 Å². The number of rotatable bonds is 7. The van der Waals surface area contributed by atoms with Crippen LogP contribution in [0.2, 0.25) is 0 Å². The van der Waals surface area contributed by atoms with E-state index in [-0.39, 0.29) is 13.1 Å². The summed E-state index contributed by atoms with van der Waals surface area (Å²) in [5.74, 6) is -1.06. The second kappa shape index (κ2) is 7.32. The topological polar surface area (TPSA) is 87.5 Å². The molecule has 0 aliphatic carbocycles. The van der Waals surface area contributed by atoms with Crippen molar-refractivity contribution in [2.45, 2.75) is 19.9 Å². The Morgan fingerprint density at radius 1 is 1.60 bits per heavy atom. The van der Waals surface area contributed by atoms with Crippen LogP contribution >= 0.6 is 0 Å². The third-order valence-electron chi connectivity index (χ3n) is 2.72. The van der Waals surface area contributed by atoms with E-state index in [1.54, 1.807) is 4.68 Å². The molecule has 0 aromatic carbocycles. The standard InChI is InChI=1S/C13H20N4O3/c1-4-6-17(9-12(18)19)13(20)14-7-10-8-16(3)15-11(10)5-2/h4,8H,1,5-7,9H2,2-3H3,(H,14,20)(H,18,19). The van der Waals surface area contributed by atoms with Crippen molar-refractivity contribution < 1.29 is 14.7 Å². The molecular weight excluding hydrogens is 260 g/mol. The average Bonchev–Trinajstić information content (AvgIpc) is 2.75. The zero-order valence-corrected chi connectivity index (χ0v) is 11.8. The Balaban J connectivity index is 2.63. The monoisotopic (exact) mass is 280 g/mol. The molecule has 1 heterocycles. The van der Waals surface area contributed by atoms with Crippen molar-refractivity contribution in [3.05, 3.63) is 30.1 Å². The van der Waals surface area contributed by atoms with E-state index in [9.17, 15) is 9.59 Å². The highest BCUT2D eigenvalue weighted by Gasteiger charge is 2.16. The molecule has 0 spiro atoms. The lowest BCUT2D eigenvalue weighted by Gasteiger charge is -2.19. The second-order valence-corrected chi connectivity index (χ2v) is 4.35. The maximum atomic E-state index is 11.9. The van der Waals surface area contributed by atoms with E-state index in [4.69, 9.17) is 5.11 Å². The lowest BCUT2D eigenvalue weighted by Crippen LogP contribution is -2.42. The molecule has 1 rings (SSSR count). The van der Waals surface area contributed by atoms with Gasteiger partial charge >= 0.3 is 12.0 Å². The van der Waals surface area contributed by atoms with Crippen LogP contribution in [0.5, 0.6) is 0 Å². The molecule has 20 heavy (non-hydrogen) atoms. The normalized spacial score (nSPS) is 10.1. The van der Waals surface area contributed by atoms with Gasteiger partial charge in [0.1, 0.15) is 6.54 Å². The fourth-order valence-electron chi connectivity index (χ4n) is 1.85. The van der Waals surface area contributed by atoms with Crippen molar-refractivity contribution >= 4 is 12.0 Å². The number of carboxylic acids is 1. The molecule has 0 bridgehead atoms. The first-order valence-electron chi connectivity index (χ1n) is 6.34. The van der Waals surface area contributed by atoms with Crippen molar-refractivity contribution in [2.24, 2.45) is 7.05 Å². The number of hydrogen-bond donors (Lipinski definition) is 2. The zero-order valence-electron chi connectivity index (χ0n) is 11.8. The van der Waals surface area contributed by atoms with Gasteiger partial charge in [0.25, 0.3) is 0 Å². The number of carbonyl (C=O) groups excluding carboxylic acids is 1. The smallest absolute Gasteiger partial charge is 0.323 e. The Labute approximate surface area is 117 Å². The quantitative estimate of drug-likeness (QED) is 0.722. The molecule has 110 valence electrons. The van der Waals surface area contributed by atoms with Gasteiger partial charge < -0.3 is 15.3 Å². The van der Waals surface area contributed by atoms with Crippen LogP contribution in [-0.2, 0) is 24.8 Å². The van der Waals surface area contributed by atoms with Crippen LogP contribution < -0.4 is 5.32 Å². The predicted molar refractivity (Wildman–Crippen MR) is 74.2 cm³/mol. The van der Waals surface area contributed by atoms with Crippen molar-refractivity contribution in [3.8, 4) is 0 Å². The van der Waals surface area contributed by atoms with Crippen LogP contribution in [0.3, 0.4) is 0 Å². The zero-order chi connectivity index (χ0) is 15.1. The minimum Gasteiger partial charge on any atom is -0.480 e. The Hall–Kier alpha value is -2.31. The second-order valence-electron chi connectivity index (χ2n) is 4.35. The number of aromatic nitrogens is 2. The van der Waals surface area contributed by atoms with E-state index >= 15 is 0 Å². The third kappa shape index (κ3) is 4.42. The molecule has 0 fully saturated rings. The molecule has 0 atom stereocenters. The molecule has 0 unspecified atom stereocenters. The van der Waals surface area contributed by atoms with Gasteiger partial charge in [0.15, 0.2) is 0 Å². The highest BCUT2D eigenvalue weighted by Crippen LogP contribution is 2.06. The first-order chi connectivity index (χ1) is 9.47. The SMILES string of the molecule is C=CCN(CC(=O)O)C(=O)NCc1cn(C)nc1CC. The predicted octanol–water partition coefficient (Wildman–Crippen LogP) is 0.765. The Kier molecular flexibility index (Phi) is 5.76. The van der Waals surface area contributed by atoms with Gasteiger partial charge in [0.2, 0.25) is 0 Å². The summed E-state index contributed by atoms with van der Waals surface area (Å²) in [4.78, 5) is 23.8. The first kappa shape index (κ1) is 15.7. The van der Waals surface area contributed by atoms with Crippen LogP contribution in [0.4, 0.5) is 4.79 Å². The number of urea groups is 1. The molecule has 2 amide bonds. The summed E-state index contributed by atoms with van der Waals surface area (Å²) >= 11 is 0. The van der Waals surface area contributed by atoms with Gasteiger partial charge in [-0.3, -0.25) is 9.48 Å².